The maximum absolute atomic E-state index is 12.3. The molecule has 1 aromatic heterocycles. The van der Waals surface area contributed by atoms with Gasteiger partial charge in [0, 0.05) is 6.04 Å². The Kier molecular flexibility index (Phi) is 4.01. The fourth-order valence-electron chi connectivity index (χ4n) is 1.73. The van der Waals surface area contributed by atoms with Crippen molar-refractivity contribution in [2.24, 2.45) is 0 Å². The van der Waals surface area contributed by atoms with Crippen molar-refractivity contribution in [2.45, 2.75) is 25.1 Å². The average Bonchev–Trinajstić information content (AvgIpc) is 3.19. The van der Waals surface area contributed by atoms with E-state index in [1.165, 1.54) is 0 Å². The Morgan fingerprint density at radius 1 is 1.38 bits per heavy atom. The second kappa shape index (κ2) is 5.58. The highest BCUT2D eigenvalue weighted by molar-refractivity contribution is 5.91. The molecule has 114 valence electrons. The number of hydrogen-bond acceptors (Lipinski definition) is 3. The summed E-state index contributed by atoms with van der Waals surface area (Å²) in [4.78, 5) is 27.0. The summed E-state index contributed by atoms with van der Waals surface area (Å²) in [5.41, 5.74) is -0.992. The van der Waals surface area contributed by atoms with Crippen LogP contribution >= 0.6 is 0 Å². The van der Waals surface area contributed by atoms with Crippen LogP contribution in [0.1, 0.15) is 18.5 Å². The molecule has 0 saturated heterocycles. The topological polar surface area (TPSA) is 82.5 Å². The van der Waals surface area contributed by atoms with E-state index >= 15 is 0 Å². The summed E-state index contributed by atoms with van der Waals surface area (Å²) in [5, 5.41) is 11.1. The van der Waals surface area contributed by atoms with E-state index in [1.807, 2.05) is 0 Å². The van der Waals surface area contributed by atoms with Crippen LogP contribution in [0.25, 0.3) is 0 Å². The minimum atomic E-state index is -4.55. The summed E-state index contributed by atoms with van der Waals surface area (Å²) in [5.74, 6) is -1.15. The van der Waals surface area contributed by atoms with E-state index in [2.05, 4.69) is 10.3 Å². The number of anilines is 1. The Labute approximate surface area is 117 Å². The summed E-state index contributed by atoms with van der Waals surface area (Å²) in [6, 6.07) is 1.01. The van der Waals surface area contributed by atoms with Gasteiger partial charge in [-0.2, -0.15) is 13.2 Å². The molecule has 2 amide bonds. The molecule has 0 radical (unpaired) electrons. The molecule has 9 heteroatoms. The fourth-order valence-corrected chi connectivity index (χ4v) is 1.73. The van der Waals surface area contributed by atoms with Crippen molar-refractivity contribution in [3.05, 3.63) is 24.0 Å². The maximum atomic E-state index is 12.3. The molecule has 0 aromatic carbocycles. The number of nitrogens with one attached hydrogen (secondary N) is 1. The van der Waals surface area contributed by atoms with Gasteiger partial charge in [0.05, 0.1) is 11.9 Å². The number of aromatic nitrogens is 1. The summed E-state index contributed by atoms with van der Waals surface area (Å²) in [7, 11) is 0. The number of hydrogen-bond donors (Lipinski definition) is 2. The quantitative estimate of drug-likeness (QED) is 0.893. The van der Waals surface area contributed by atoms with E-state index < -0.39 is 30.4 Å². The van der Waals surface area contributed by atoms with Crippen molar-refractivity contribution in [1.82, 2.24) is 9.88 Å². The van der Waals surface area contributed by atoms with Crippen LogP contribution in [0.5, 0.6) is 0 Å². The zero-order chi connectivity index (χ0) is 15.6. The van der Waals surface area contributed by atoms with Crippen LogP contribution in [0.2, 0.25) is 0 Å². The number of carbonyl (C=O) groups excluding carboxylic acids is 1. The minimum Gasteiger partial charge on any atom is -0.480 e. The lowest BCUT2D eigenvalue weighted by molar-refractivity contribution is -0.141. The number of carboxylic acid groups (broad SMARTS) is 1. The van der Waals surface area contributed by atoms with Gasteiger partial charge in [-0.15, -0.1) is 0 Å². The van der Waals surface area contributed by atoms with Gasteiger partial charge in [0.2, 0.25) is 0 Å². The zero-order valence-corrected chi connectivity index (χ0v) is 10.7. The summed E-state index contributed by atoms with van der Waals surface area (Å²) >= 11 is 0. The molecular formula is C12H12F3N3O3. The van der Waals surface area contributed by atoms with Gasteiger partial charge in [-0.05, 0) is 25.0 Å². The number of pyridine rings is 1. The first-order valence-corrected chi connectivity index (χ1v) is 6.10. The number of amides is 2. The van der Waals surface area contributed by atoms with E-state index in [0.29, 0.717) is 12.8 Å². The Balaban J connectivity index is 2.02. The molecular weight excluding hydrogens is 291 g/mol. The third-order valence-electron chi connectivity index (χ3n) is 2.86. The van der Waals surface area contributed by atoms with Gasteiger partial charge in [-0.25, -0.2) is 9.78 Å². The maximum Gasteiger partial charge on any atom is 0.433 e. The predicted molar refractivity (Wildman–Crippen MR) is 65.6 cm³/mol. The highest BCUT2D eigenvalue weighted by Crippen LogP contribution is 2.29. The lowest BCUT2D eigenvalue weighted by atomic mass is 10.3. The number of nitrogens with zero attached hydrogens (tertiary/aromatic N) is 2. The molecule has 2 N–H and O–H groups in total. The summed E-state index contributed by atoms with van der Waals surface area (Å²) in [6.45, 7) is -0.454. The van der Waals surface area contributed by atoms with E-state index in [4.69, 9.17) is 5.11 Å². The van der Waals surface area contributed by atoms with Crippen LogP contribution in [0, 0.1) is 0 Å². The van der Waals surface area contributed by atoms with E-state index in [1.54, 1.807) is 0 Å². The van der Waals surface area contributed by atoms with Crippen molar-refractivity contribution < 1.29 is 27.9 Å². The summed E-state index contributed by atoms with van der Waals surface area (Å²) in [6.07, 6.45) is -2.24. The Hall–Kier alpha value is -2.32. The van der Waals surface area contributed by atoms with Gasteiger partial charge < -0.3 is 15.3 Å². The summed E-state index contributed by atoms with van der Waals surface area (Å²) < 4.78 is 37.0. The van der Waals surface area contributed by atoms with Gasteiger partial charge in [0.1, 0.15) is 12.2 Å². The molecule has 1 heterocycles. The SMILES string of the molecule is O=C(O)CN(C(=O)Nc1ccc(C(F)(F)F)nc1)C1CC1. The molecule has 0 aliphatic heterocycles. The molecule has 1 aromatic rings. The van der Waals surface area contributed by atoms with Crippen LogP contribution in [0.15, 0.2) is 18.3 Å². The Morgan fingerprint density at radius 2 is 2.05 bits per heavy atom. The third kappa shape index (κ3) is 4.07. The van der Waals surface area contributed by atoms with Crippen LogP contribution in [0.4, 0.5) is 23.7 Å². The molecule has 21 heavy (non-hydrogen) atoms. The standard InChI is InChI=1S/C12H12F3N3O3/c13-12(14,15)9-4-1-7(5-16-9)17-11(21)18(6-10(19)20)8-2-3-8/h1,4-5,8H,2-3,6H2,(H,17,21)(H,19,20). The highest BCUT2D eigenvalue weighted by Gasteiger charge is 2.34. The van der Waals surface area contributed by atoms with Gasteiger partial charge in [0.25, 0.3) is 0 Å². The molecule has 6 nitrogen and oxygen atoms in total. The van der Waals surface area contributed by atoms with Gasteiger partial charge >= 0.3 is 18.2 Å². The molecule has 0 atom stereocenters. The minimum absolute atomic E-state index is 0.0732. The monoisotopic (exact) mass is 303 g/mol. The number of carbonyl (C=O) groups is 2. The number of urea groups is 1. The largest absolute Gasteiger partial charge is 0.480 e. The average molecular weight is 303 g/mol. The number of rotatable bonds is 4. The van der Waals surface area contributed by atoms with E-state index in [0.717, 1.165) is 23.2 Å². The van der Waals surface area contributed by atoms with Crippen LogP contribution < -0.4 is 5.32 Å². The number of aliphatic carboxylic acids is 1. The van der Waals surface area contributed by atoms with E-state index in [9.17, 15) is 22.8 Å². The lowest BCUT2D eigenvalue weighted by Crippen LogP contribution is -2.40. The molecule has 1 saturated carbocycles. The lowest BCUT2D eigenvalue weighted by Gasteiger charge is -2.20. The molecule has 1 aliphatic carbocycles. The first-order chi connectivity index (χ1) is 9.77. The molecule has 0 spiro atoms. The van der Waals surface area contributed by atoms with Crippen LogP contribution in [-0.4, -0.2) is 39.6 Å². The second-order valence-corrected chi connectivity index (χ2v) is 4.61. The van der Waals surface area contributed by atoms with Crippen molar-refractivity contribution in [3.63, 3.8) is 0 Å². The van der Waals surface area contributed by atoms with Gasteiger partial charge in [-0.1, -0.05) is 0 Å². The Bertz CT molecular complexity index is 541. The van der Waals surface area contributed by atoms with Crippen molar-refractivity contribution in [2.75, 3.05) is 11.9 Å². The molecule has 0 unspecified atom stereocenters. The number of carboxylic acids is 1. The van der Waals surface area contributed by atoms with Crippen molar-refractivity contribution in [1.29, 1.82) is 0 Å². The third-order valence-corrected chi connectivity index (χ3v) is 2.86. The molecule has 1 fully saturated rings. The van der Waals surface area contributed by atoms with Crippen LogP contribution in [0.3, 0.4) is 0 Å². The smallest absolute Gasteiger partial charge is 0.433 e. The normalized spacial score (nSPS) is 14.6. The van der Waals surface area contributed by atoms with Gasteiger partial charge in [-0.3, -0.25) is 4.79 Å². The highest BCUT2D eigenvalue weighted by atomic mass is 19.4. The predicted octanol–water partition coefficient (Wildman–Crippen LogP) is 2.18. The van der Waals surface area contributed by atoms with Crippen LogP contribution in [-0.2, 0) is 11.0 Å². The number of alkyl halides is 3. The molecule has 2 rings (SSSR count). The zero-order valence-electron chi connectivity index (χ0n) is 10.7. The van der Waals surface area contributed by atoms with Crippen molar-refractivity contribution in [3.8, 4) is 0 Å². The molecule has 1 aliphatic rings. The fraction of sp³-hybridized carbons (Fsp3) is 0.417. The first-order valence-electron chi connectivity index (χ1n) is 6.10. The van der Waals surface area contributed by atoms with E-state index in [-0.39, 0.29) is 11.7 Å². The van der Waals surface area contributed by atoms with Gasteiger partial charge in [0.15, 0.2) is 0 Å². The second-order valence-electron chi connectivity index (χ2n) is 4.61. The Morgan fingerprint density at radius 3 is 2.48 bits per heavy atom. The van der Waals surface area contributed by atoms with Crippen molar-refractivity contribution >= 4 is 17.7 Å². The first kappa shape index (κ1) is 15.1. The molecule has 0 bridgehead atoms. The number of halogens is 3.